The molecule has 1 aliphatic rings. The number of halogens is 3. The van der Waals surface area contributed by atoms with Gasteiger partial charge in [0.15, 0.2) is 5.65 Å². The minimum absolute atomic E-state index is 0.151. The highest BCUT2D eigenvalue weighted by Gasteiger charge is 2.31. The summed E-state index contributed by atoms with van der Waals surface area (Å²) < 4.78 is 44.9. The van der Waals surface area contributed by atoms with Gasteiger partial charge in [-0.1, -0.05) is 0 Å². The summed E-state index contributed by atoms with van der Waals surface area (Å²) in [4.78, 5) is 14.5. The molecule has 0 radical (unpaired) electrons. The molecule has 1 unspecified atom stereocenters. The molecule has 0 spiro atoms. The average molecular weight is 444 g/mol. The first-order chi connectivity index (χ1) is 15.2. The van der Waals surface area contributed by atoms with E-state index in [1.807, 2.05) is 10.8 Å². The number of nitrogens with zero attached hydrogens (tertiary/aromatic N) is 4. The molecule has 1 saturated heterocycles. The lowest BCUT2D eigenvalue weighted by molar-refractivity contribution is -0.274. The lowest BCUT2D eigenvalue weighted by Gasteiger charge is -2.15. The molecule has 166 valence electrons. The van der Waals surface area contributed by atoms with Crippen LogP contribution in [0.15, 0.2) is 48.7 Å². The average Bonchev–Trinajstić information content (AvgIpc) is 3.40. The second kappa shape index (κ2) is 7.27. The summed E-state index contributed by atoms with van der Waals surface area (Å²) in [7, 11) is 1.77. The molecular weight excluding hydrogens is 425 g/mol. The smallest absolute Gasteiger partial charge is 0.406 e. The standard InChI is InChI=1S/C22H19F3N4O3/c1-27-12-18-17-10-13(21(31)28-9-8-15(30)11-28)2-7-19(17)29(20(18)26-27)14-3-5-16(6-4-14)32-22(23,24)25/h2-7,10,12,15,30H,8-9,11H2,1H3. The molecule has 5 rings (SSSR count). The molecule has 10 heteroatoms. The molecule has 3 heterocycles. The monoisotopic (exact) mass is 444 g/mol. The molecule has 4 aromatic rings. The first-order valence-electron chi connectivity index (χ1n) is 10.0. The number of rotatable bonds is 3. The molecule has 1 amide bonds. The lowest BCUT2D eigenvalue weighted by Crippen LogP contribution is -2.29. The zero-order chi connectivity index (χ0) is 22.6. The molecule has 0 saturated carbocycles. The van der Waals surface area contributed by atoms with Crippen molar-refractivity contribution in [1.29, 1.82) is 0 Å². The largest absolute Gasteiger partial charge is 0.573 e. The van der Waals surface area contributed by atoms with Crippen LogP contribution in [0.5, 0.6) is 5.75 Å². The van der Waals surface area contributed by atoms with Crippen LogP contribution in [0.25, 0.3) is 27.6 Å². The maximum atomic E-state index is 12.9. The number of β-amino-alcohol motifs (C(OH)–C–C–N with tert-alkyl or cyclic N) is 1. The van der Waals surface area contributed by atoms with Crippen LogP contribution in [0, 0.1) is 0 Å². The molecule has 2 aromatic heterocycles. The number of hydrogen-bond donors (Lipinski definition) is 1. The number of likely N-dealkylation sites (tertiary alicyclic amines) is 1. The van der Waals surface area contributed by atoms with Gasteiger partial charge in [0, 0.05) is 48.4 Å². The SMILES string of the molecule is Cn1cc2c3cc(C(=O)N4CCC(O)C4)ccc3n(-c3ccc(OC(F)(F)F)cc3)c2n1. The van der Waals surface area contributed by atoms with Gasteiger partial charge in [0.2, 0.25) is 0 Å². The predicted molar refractivity (Wildman–Crippen MR) is 111 cm³/mol. The van der Waals surface area contributed by atoms with Crippen molar-refractivity contribution in [2.75, 3.05) is 13.1 Å². The molecule has 2 aromatic carbocycles. The Morgan fingerprint density at radius 2 is 1.91 bits per heavy atom. The van der Waals surface area contributed by atoms with Crippen LogP contribution in [0.1, 0.15) is 16.8 Å². The molecule has 7 nitrogen and oxygen atoms in total. The van der Waals surface area contributed by atoms with Crippen molar-refractivity contribution >= 4 is 27.8 Å². The van der Waals surface area contributed by atoms with Crippen molar-refractivity contribution in [3.63, 3.8) is 0 Å². The summed E-state index contributed by atoms with van der Waals surface area (Å²) in [5.41, 5.74) is 2.50. The summed E-state index contributed by atoms with van der Waals surface area (Å²) in [6.07, 6.45) is -2.86. The molecule has 1 atom stereocenters. The first-order valence-corrected chi connectivity index (χ1v) is 10.0. The number of amides is 1. The third kappa shape index (κ3) is 3.56. The van der Waals surface area contributed by atoms with Crippen molar-refractivity contribution in [3.05, 3.63) is 54.2 Å². The number of aliphatic hydroxyl groups is 1. The topological polar surface area (TPSA) is 72.5 Å². The van der Waals surface area contributed by atoms with Gasteiger partial charge in [-0.25, -0.2) is 0 Å². The number of fused-ring (bicyclic) bond motifs is 3. The fourth-order valence-electron chi connectivity index (χ4n) is 4.19. The van der Waals surface area contributed by atoms with Crippen LogP contribution in [0.4, 0.5) is 13.2 Å². The van der Waals surface area contributed by atoms with Gasteiger partial charge in [-0.05, 0) is 48.9 Å². The van der Waals surface area contributed by atoms with Crippen LogP contribution in [0.3, 0.4) is 0 Å². The van der Waals surface area contributed by atoms with Gasteiger partial charge in [0.25, 0.3) is 5.91 Å². The summed E-state index contributed by atoms with van der Waals surface area (Å²) in [6.45, 7) is 0.820. The third-order valence-corrected chi connectivity index (χ3v) is 5.57. The Balaban J connectivity index is 1.59. The Labute approximate surface area is 180 Å². The highest BCUT2D eigenvalue weighted by atomic mass is 19.4. The second-order valence-corrected chi connectivity index (χ2v) is 7.84. The molecule has 0 bridgehead atoms. The molecule has 1 aliphatic heterocycles. The van der Waals surface area contributed by atoms with E-state index in [-0.39, 0.29) is 11.7 Å². The molecule has 1 N–H and O–H groups in total. The Bertz CT molecular complexity index is 1320. The van der Waals surface area contributed by atoms with Gasteiger partial charge in [-0.2, -0.15) is 5.10 Å². The number of ether oxygens (including phenoxy) is 1. The minimum Gasteiger partial charge on any atom is -0.406 e. The first kappa shape index (κ1) is 20.4. The van der Waals surface area contributed by atoms with Gasteiger partial charge in [0.05, 0.1) is 11.6 Å². The van der Waals surface area contributed by atoms with Crippen LogP contribution < -0.4 is 4.74 Å². The molecule has 32 heavy (non-hydrogen) atoms. The molecule has 1 fully saturated rings. The number of aromatic nitrogens is 3. The number of benzene rings is 2. The van der Waals surface area contributed by atoms with E-state index in [2.05, 4.69) is 9.84 Å². The van der Waals surface area contributed by atoms with Crippen molar-refractivity contribution < 1.29 is 27.8 Å². The highest BCUT2D eigenvalue weighted by molar-refractivity contribution is 6.10. The van der Waals surface area contributed by atoms with E-state index in [1.54, 1.807) is 34.8 Å². The Hall–Kier alpha value is -3.53. The van der Waals surface area contributed by atoms with Crippen LogP contribution in [-0.4, -0.2) is 55.8 Å². The van der Waals surface area contributed by atoms with E-state index < -0.39 is 12.5 Å². The van der Waals surface area contributed by atoms with Gasteiger partial charge in [0.1, 0.15) is 5.75 Å². The van der Waals surface area contributed by atoms with Crippen LogP contribution >= 0.6 is 0 Å². The second-order valence-electron chi connectivity index (χ2n) is 7.84. The Morgan fingerprint density at radius 1 is 1.16 bits per heavy atom. The number of carbonyl (C=O) groups is 1. The van der Waals surface area contributed by atoms with Gasteiger partial charge >= 0.3 is 6.36 Å². The maximum absolute atomic E-state index is 12.9. The Morgan fingerprint density at radius 3 is 2.56 bits per heavy atom. The van der Waals surface area contributed by atoms with Gasteiger partial charge in [-0.15, -0.1) is 13.2 Å². The fraction of sp³-hybridized carbons (Fsp3) is 0.273. The summed E-state index contributed by atoms with van der Waals surface area (Å²) >= 11 is 0. The summed E-state index contributed by atoms with van der Waals surface area (Å²) in [6, 6.07) is 10.9. The van der Waals surface area contributed by atoms with E-state index in [4.69, 9.17) is 0 Å². The van der Waals surface area contributed by atoms with Crippen LogP contribution in [-0.2, 0) is 7.05 Å². The molecule has 0 aliphatic carbocycles. The summed E-state index contributed by atoms with van der Waals surface area (Å²) in [5.74, 6) is -0.461. The van der Waals surface area contributed by atoms with Crippen molar-refractivity contribution in [1.82, 2.24) is 19.2 Å². The zero-order valence-electron chi connectivity index (χ0n) is 17.0. The van der Waals surface area contributed by atoms with Crippen molar-refractivity contribution in [2.24, 2.45) is 7.05 Å². The number of aryl methyl sites for hydroxylation is 1. The van der Waals surface area contributed by atoms with E-state index >= 15 is 0 Å². The number of alkyl halides is 3. The van der Waals surface area contributed by atoms with Crippen molar-refractivity contribution in [3.8, 4) is 11.4 Å². The third-order valence-electron chi connectivity index (χ3n) is 5.57. The van der Waals surface area contributed by atoms with Gasteiger partial charge < -0.3 is 14.7 Å². The fourth-order valence-corrected chi connectivity index (χ4v) is 4.19. The number of hydrogen-bond acceptors (Lipinski definition) is 4. The van der Waals surface area contributed by atoms with Crippen molar-refractivity contribution in [2.45, 2.75) is 18.9 Å². The number of aliphatic hydroxyl groups excluding tert-OH is 1. The predicted octanol–water partition coefficient (Wildman–Crippen LogP) is 3.62. The maximum Gasteiger partial charge on any atom is 0.573 e. The normalized spacial score (nSPS) is 16.9. The number of carbonyl (C=O) groups excluding carboxylic acids is 1. The minimum atomic E-state index is -4.76. The van der Waals surface area contributed by atoms with Crippen LogP contribution in [0.2, 0.25) is 0 Å². The lowest BCUT2D eigenvalue weighted by atomic mass is 10.1. The highest BCUT2D eigenvalue weighted by Crippen LogP contribution is 2.33. The van der Waals surface area contributed by atoms with E-state index in [0.717, 1.165) is 16.3 Å². The Kier molecular flexibility index (Phi) is 4.63. The van der Waals surface area contributed by atoms with E-state index in [9.17, 15) is 23.1 Å². The molecular formula is C22H19F3N4O3. The zero-order valence-corrected chi connectivity index (χ0v) is 17.0. The van der Waals surface area contributed by atoms with E-state index in [1.165, 1.54) is 24.3 Å². The quantitative estimate of drug-likeness (QED) is 0.524. The van der Waals surface area contributed by atoms with Gasteiger partial charge in [-0.3, -0.25) is 14.0 Å². The summed E-state index contributed by atoms with van der Waals surface area (Å²) in [5, 5.41) is 15.9. The van der Waals surface area contributed by atoms with E-state index in [0.29, 0.717) is 36.4 Å².